The van der Waals surface area contributed by atoms with Crippen LogP contribution in [0.5, 0.6) is 0 Å². The molecule has 0 saturated heterocycles. The van der Waals surface area contributed by atoms with Crippen molar-refractivity contribution in [1.29, 1.82) is 0 Å². The molecule has 0 N–H and O–H groups in total. The first-order chi connectivity index (χ1) is 9.34. The lowest BCUT2D eigenvalue weighted by molar-refractivity contribution is 0.463. The SMILES string of the molecule is C[PH2+]c1ccccc1Cl.Cc1ccc(S(=O)(=O)[O-])cc1. The minimum atomic E-state index is -4.27. The summed E-state index contributed by atoms with van der Waals surface area (Å²) in [7, 11) is -3.91. The lowest BCUT2D eigenvalue weighted by Crippen LogP contribution is -1.97. The first kappa shape index (κ1) is 17.1. The lowest BCUT2D eigenvalue weighted by Gasteiger charge is -2.05. The van der Waals surface area contributed by atoms with Crippen molar-refractivity contribution in [2.75, 3.05) is 6.66 Å². The molecule has 0 aromatic heterocycles. The van der Waals surface area contributed by atoms with Gasteiger partial charge in [-0.3, -0.25) is 0 Å². The van der Waals surface area contributed by atoms with E-state index in [1.54, 1.807) is 12.1 Å². The Balaban J connectivity index is 0.000000204. The molecule has 0 amide bonds. The second-order valence-electron chi connectivity index (χ2n) is 4.08. The molecule has 3 nitrogen and oxygen atoms in total. The standard InChI is InChI=1S/C7H8ClP.C7H8O3S/c1-9-7-5-3-2-4-6(7)8;1-6-2-4-7(5-3-6)11(8,9)10/h2-5,9H,1H3;2-5H,1H3,(H,8,9,10). The maximum Gasteiger partial charge on any atom is 0.124 e. The van der Waals surface area contributed by atoms with Gasteiger partial charge in [0.05, 0.1) is 9.92 Å². The second-order valence-corrected chi connectivity index (χ2v) is 7.06. The zero-order chi connectivity index (χ0) is 15.2. The Morgan fingerprint density at radius 2 is 1.60 bits per heavy atom. The van der Waals surface area contributed by atoms with E-state index in [9.17, 15) is 13.0 Å². The van der Waals surface area contributed by atoms with Crippen molar-refractivity contribution in [1.82, 2.24) is 0 Å². The summed E-state index contributed by atoms with van der Waals surface area (Å²) in [5.74, 6) is 0. The van der Waals surface area contributed by atoms with Crippen molar-refractivity contribution in [3.05, 3.63) is 59.1 Å². The predicted molar refractivity (Wildman–Crippen MR) is 85.9 cm³/mol. The van der Waals surface area contributed by atoms with Gasteiger partial charge in [0.15, 0.2) is 0 Å². The maximum atomic E-state index is 10.4. The van der Waals surface area contributed by atoms with Gasteiger partial charge in [0.1, 0.15) is 15.4 Å². The van der Waals surface area contributed by atoms with Crippen LogP contribution in [0.25, 0.3) is 0 Å². The van der Waals surface area contributed by atoms with Crippen molar-refractivity contribution in [3.63, 3.8) is 0 Å². The van der Waals surface area contributed by atoms with Crippen LogP contribution < -0.4 is 5.30 Å². The van der Waals surface area contributed by atoms with Crippen molar-refractivity contribution in [2.24, 2.45) is 0 Å². The second kappa shape index (κ2) is 7.75. The topological polar surface area (TPSA) is 57.2 Å². The van der Waals surface area contributed by atoms with Crippen molar-refractivity contribution in [2.45, 2.75) is 11.8 Å². The van der Waals surface area contributed by atoms with E-state index in [1.165, 1.54) is 17.4 Å². The summed E-state index contributed by atoms with van der Waals surface area (Å²) >= 11 is 5.85. The quantitative estimate of drug-likeness (QED) is 0.628. The smallest absolute Gasteiger partial charge is 0.124 e. The minimum Gasteiger partial charge on any atom is -0.744 e. The zero-order valence-corrected chi connectivity index (χ0v) is 13.9. The van der Waals surface area contributed by atoms with Gasteiger partial charge in [-0.05, 0) is 31.2 Å². The molecule has 108 valence electrons. The first-order valence-electron chi connectivity index (χ1n) is 5.91. The molecule has 0 bridgehead atoms. The van der Waals surface area contributed by atoms with Gasteiger partial charge in [0.25, 0.3) is 0 Å². The minimum absolute atomic E-state index is 0.178. The van der Waals surface area contributed by atoms with Crippen molar-refractivity contribution < 1.29 is 13.0 Å². The highest BCUT2D eigenvalue weighted by Crippen LogP contribution is 2.12. The molecule has 2 aromatic carbocycles. The molecule has 0 fully saturated rings. The Hall–Kier alpha value is -0.930. The van der Waals surface area contributed by atoms with Crippen molar-refractivity contribution >= 4 is 35.6 Å². The number of hydrogen-bond acceptors (Lipinski definition) is 3. The number of halogens is 1. The fraction of sp³-hybridized carbons (Fsp3) is 0.143. The molecule has 20 heavy (non-hydrogen) atoms. The Morgan fingerprint density at radius 1 is 1.05 bits per heavy atom. The molecule has 2 rings (SSSR count). The third-order valence-corrected chi connectivity index (χ3v) is 5.03. The van der Waals surface area contributed by atoms with E-state index < -0.39 is 10.1 Å². The van der Waals surface area contributed by atoms with Crippen LogP contribution >= 0.6 is 20.2 Å². The predicted octanol–water partition coefficient (Wildman–Crippen LogP) is 2.91. The molecule has 6 heteroatoms. The highest BCUT2D eigenvalue weighted by Gasteiger charge is 1.98. The molecule has 0 heterocycles. The largest absolute Gasteiger partial charge is 0.744 e. The Morgan fingerprint density at radius 3 is 2.00 bits per heavy atom. The summed E-state index contributed by atoms with van der Waals surface area (Å²) in [4.78, 5) is -0.178. The number of benzene rings is 2. The molecule has 0 aliphatic heterocycles. The molecule has 2 aromatic rings. The molecule has 0 spiro atoms. The first-order valence-corrected chi connectivity index (χ1v) is 9.43. The van der Waals surface area contributed by atoms with Crippen molar-refractivity contribution in [3.8, 4) is 0 Å². The van der Waals surface area contributed by atoms with Crippen LogP contribution in [0.3, 0.4) is 0 Å². The van der Waals surface area contributed by atoms with Gasteiger partial charge in [0, 0.05) is 15.2 Å². The Kier molecular flexibility index (Phi) is 6.63. The average Bonchev–Trinajstić information content (AvgIpc) is 2.39. The normalized spacial score (nSPS) is 11.2. The molecule has 0 aliphatic carbocycles. The summed E-state index contributed by atoms with van der Waals surface area (Å²) < 4.78 is 31.2. The monoisotopic (exact) mass is 330 g/mol. The fourth-order valence-corrected chi connectivity index (χ4v) is 3.02. The van der Waals surface area contributed by atoms with E-state index in [2.05, 4.69) is 12.7 Å². The number of aryl methyl sites for hydroxylation is 1. The molecule has 1 atom stereocenters. The zero-order valence-electron chi connectivity index (χ0n) is 11.2. The molecule has 0 aliphatic rings. The van der Waals surface area contributed by atoms with Gasteiger partial charge < -0.3 is 4.55 Å². The van der Waals surface area contributed by atoms with Gasteiger partial charge in [-0.1, -0.05) is 41.4 Å². The highest BCUT2D eigenvalue weighted by molar-refractivity contribution is 7.85. The third-order valence-electron chi connectivity index (χ3n) is 2.53. The molecular formula is C14H16ClO3PS. The van der Waals surface area contributed by atoms with E-state index in [1.807, 2.05) is 25.1 Å². The van der Waals surface area contributed by atoms with Gasteiger partial charge >= 0.3 is 0 Å². The van der Waals surface area contributed by atoms with Gasteiger partial charge in [-0.2, -0.15) is 0 Å². The molecule has 0 radical (unpaired) electrons. The average molecular weight is 331 g/mol. The van der Waals surface area contributed by atoms with Crippen LogP contribution in [-0.2, 0) is 10.1 Å². The molecular weight excluding hydrogens is 315 g/mol. The van der Waals surface area contributed by atoms with Crippen LogP contribution in [-0.4, -0.2) is 19.6 Å². The van der Waals surface area contributed by atoms with Crippen LogP contribution in [0, 0.1) is 6.92 Å². The summed E-state index contributed by atoms with van der Waals surface area (Å²) in [5.41, 5.74) is 0.928. The van der Waals surface area contributed by atoms with E-state index in [0.717, 1.165) is 10.6 Å². The van der Waals surface area contributed by atoms with Gasteiger partial charge in [0.2, 0.25) is 0 Å². The summed E-state index contributed by atoms with van der Waals surface area (Å²) in [6, 6.07) is 13.8. The van der Waals surface area contributed by atoms with Crippen LogP contribution in [0.2, 0.25) is 5.02 Å². The van der Waals surface area contributed by atoms with Crippen LogP contribution in [0.4, 0.5) is 0 Å². The fourth-order valence-electron chi connectivity index (χ4n) is 1.41. The Labute approximate surface area is 126 Å². The van der Waals surface area contributed by atoms with E-state index in [-0.39, 0.29) is 4.90 Å². The van der Waals surface area contributed by atoms with Crippen LogP contribution in [0.15, 0.2) is 53.4 Å². The summed E-state index contributed by atoms with van der Waals surface area (Å²) in [6.07, 6.45) is 0. The van der Waals surface area contributed by atoms with E-state index in [4.69, 9.17) is 11.6 Å². The number of hydrogen-bond donors (Lipinski definition) is 0. The summed E-state index contributed by atoms with van der Waals surface area (Å²) in [6.45, 7) is 4.00. The van der Waals surface area contributed by atoms with Gasteiger partial charge in [-0.15, -0.1) is 0 Å². The third kappa shape index (κ3) is 5.59. The van der Waals surface area contributed by atoms with Crippen LogP contribution in [0.1, 0.15) is 5.56 Å². The number of rotatable bonds is 2. The van der Waals surface area contributed by atoms with E-state index in [0.29, 0.717) is 8.58 Å². The Bertz CT molecular complexity index is 654. The lowest BCUT2D eigenvalue weighted by atomic mass is 10.2. The highest BCUT2D eigenvalue weighted by atomic mass is 35.5. The maximum absolute atomic E-state index is 10.4. The van der Waals surface area contributed by atoms with E-state index >= 15 is 0 Å². The molecule has 0 saturated carbocycles. The molecule has 1 unspecified atom stereocenters. The van der Waals surface area contributed by atoms with Gasteiger partial charge in [-0.25, -0.2) is 8.42 Å². The summed E-state index contributed by atoms with van der Waals surface area (Å²) in [5, 5.41) is 2.22.